The molecule has 3 heteroatoms. The van der Waals surface area contributed by atoms with Crippen molar-refractivity contribution in [3.63, 3.8) is 0 Å². The van der Waals surface area contributed by atoms with Gasteiger partial charge in [0.15, 0.2) is 5.78 Å². The van der Waals surface area contributed by atoms with Crippen LogP contribution in [0.3, 0.4) is 0 Å². The number of para-hydroxylation sites is 1. The predicted molar refractivity (Wildman–Crippen MR) is 82.1 cm³/mol. The zero-order chi connectivity index (χ0) is 14.3. The Balaban J connectivity index is 2.82. The molecule has 0 aliphatic heterocycles. The minimum absolute atomic E-state index is 0.224. The lowest BCUT2D eigenvalue weighted by atomic mass is 10.1. The first-order valence-electron chi connectivity index (χ1n) is 7.12. The Labute approximate surface area is 117 Å². The van der Waals surface area contributed by atoms with Gasteiger partial charge in [-0.2, -0.15) is 0 Å². The first kappa shape index (κ1) is 15.7. The van der Waals surface area contributed by atoms with Gasteiger partial charge >= 0.3 is 0 Å². The van der Waals surface area contributed by atoms with Gasteiger partial charge in [-0.15, -0.1) is 0 Å². The van der Waals surface area contributed by atoms with E-state index in [2.05, 4.69) is 36.9 Å². The maximum absolute atomic E-state index is 12.0. The summed E-state index contributed by atoms with van der Waals surface area (Å²) in [4.78, 5) is 16.5. The lowest BCUT2D eigenvalue weighted by Gasteiger charge is -2.26. The molecule has 0 aliphatic carbocycles. The molecule has 0 radical (unpaired) electrons. The smallest absolute Gasteiger partial charge is 0.164 e. The first-order valence-corrected chi connectivity index (χ1v) is 7.12. The van der Waals surface area contributed by atoms with E-state index in [4.69, 9.17) is 0 Å². The largest absolute Gasteiger partial charge is 0.371 e. The number of hydrogen-bond acceptors (Lipinski definition) is 3. The molecule has 0 aromatic heterocycles. The lowest BCUT2D eigenvalue weighted by Crippen LogP contribution is -2.28. The third kappa shape index (κ3) is 4.67. The average Bonchev–Trinajstić information content (AvgIpc) is 2.42. The van der Waals surface area contributed by atoms with Gasteiger partial charge in [-0.05, 0) is 46.1 Å². The number of ketones is 1. The fraction of sp³-hybridized carbons (Fsp3) is 0.562. The summed E-state index contributed by atoms with van der Waals surface area (Å²) in [6, 6.07) is 7.95. The minimum Gasteiger partial charge on any atom is -0.371 e. The number of carbonyl (C=O) groups is 1. The van der Waals surface area contributed by atoms with E-state index in [0.29, 0.717) is 6.42 Å². The van der Waals surface area contributed by atoms with Crippen molar-refractivity contribution in [3.05, 3.63) is 29.8 Å². The van der Waals surface area contributed by atoms with Crippen LogP contribution in [-0.4, -0.2) is 44.4 Å². The molecule has 0 bridgehead atoms. The van der Waals surface area contributed by atoms with Gasteiger partial charge in [-0.3, -0.25) is 4.79 Å². The Hall–Kier alpha value is -1.35. The molecule has 0 amide bonds. The van der Waals surface area contributed by atoms with Crippen molar-refractivity contribution in [2.75, 3.05) is 38.6 Å². The highest BCUT2D eigenvalue weighted by Gasteiger charge is 2.13. The summed E-state index contributed by atoms with van der Waals surface area (Å²) in [5, 5.41) is 0. The number of nitrogens with zero attached hydrogens (tertiary/aromatic N) is 2. The molecule has 0 spiro atoms. The van der Waals surface area contributed by atoms with E-state index in [-0.39, 0.29) is 5.78 Å². The van der Waals surface area contributed by atoms with E-state index in [9.17, 15) is 4.79 Å². The van der Waals surface area contributed by atoms with Crippen molar-refractivity contribution in [1.82, 2.24) is 4.90 Å². The van der Waals surface area contributed by atoms with Crippen molar-refractivity contribution < 1.29 is 4.79 Å². The fourth-order valence-electron chi connectivity index (χ4n) is 2.20. The standard InChI is InChI=1S/C16H26N2O/c1-5-16(19)14-10-7-8-11-15(14)18(6-2)13-9-12-17(3)4/h7-8,10-11H,5-6,9,12-13H2,1-4H3. The Bertz CT molecular complexity index is 401. The Kier molecular flexibility index (Phi) is 6.57. The van der Waals surface area contributed by atoms with Crippen LogP contribution in [0.25, 0.3) is 0 Å². The van der Waals surface area contributed by atoms with Crippen molar-refractivity contribution >= 4 is 11.5 Å². The quantitative estimate of drug-likeness (QED) is 0.673. The molecular formula is C16H26N2O. The van der Waals surface area contributed by atoms with Crippen molar-refractivity contribution in [1.29, 1.82) is 0 Å². The van der Waals surface area contributed by atoms with Gasteiger partial charge in [0.1, 0.15) is 0 Å². The van der Waals surface area contributed by atoms with Crippen LogP contribution in [0.2, 0.25) is 0 Å². The third-order valence-corrected chi connectivity index (χ3v) is 3.28. The summed E-state index contributed by atoms with van der Waals surface area (Å²) in [5.41, 5.74) is 1.94. The van der Waals surface area contributed by atoms with E-state index >= 15 is 0 Å². The maximum atomic E-state index is 12.0. The topological polar surface area (TPSA) is 23.6 Å². The number of carbonyl (C=O) groups excluding carboxylic acids is 1. The minimum atomic E-state index is 0.224. The van der Waals surface area contributed by atoms with Crippen molar-refractivity contribution in [2.24, 2.45) is 0 Å². The zero-order valence-electron chi connectivity index (χ0n) is 12.6. The van der Waals surface area contributed by atoms with Gasteiger partial charge in [0.25, 0.3) is 0 Å². The summed E-state index contributed by atoms with van der Waals surface area (Å²) in [6.45, 7) is 7.05. The molecule has 0 N–H and O–H groups in total. The number of rotatable bonds is 8. The summed E-state index contributed by atoms with van der Waals surface area (Å²) in [5.74, 6) is 0.224. The molecule has 0 fully saturated rings. The number of hydrogen-bond donors (Lipinski definition) is 0. The first-order chi connectivity index (χ1) is 9.10. The van der Waals surface area contributed by atoms with Crippen LogP contribution in [0, 0.1) is 0 Å². The van der Waals surface area contributed by atoms with Crippen LogP contribution < -0.4 is 4.90 Å². The van der Waals surface area contributed by atoms with Gasteiger partial charge in [0.05, 0.1) is 0 Å². The van der Waals surface area contributed by atoms with E-state index in [1.165, 1.54) is 0 Å². The molecule has 1 aromatic carbocycles. The molecule has 0 saturated carbocycles. The van der Waals surface area contributed by atoms with E-state index in [1.54, 1.807) is 0 Å². The Morgan fingerprint density at radius 1 is 1.11 bits per heavy atom. The van der Waals surface area contributed by atoms with Crippen LogP contribution in [0.15, 0.2) is 24.3 Å². The van der Waals surface area contributed by atoms with Gasteiger partial charge in [-0.25, -0.2) is 0 Å². The summed E-state index contributed by atoms with van der Waals surface area (Å²) in [7, 11) is 4.18. The Morgan fingerprint density at radius 3 is 2.37 bits per heavy atom. The summed E-state index contributed by atoms with van der Waals surface area (Å²) < 4.78 is 0. The summed E-state index contributed by atoms with van der Waals surface area (Å²) in [6.07, 6.45) is 1.67. The molecule has 1 aromatic rings. The summed E-state index contributed by atoms with van der Waals surface area (Å²) >= 11 is 0. The third-order valence-electron chi connectivity index (χ3n) is 3.28. The van der Waals surface area contributed by atoms with Crippen LogP contribution >= 0.6 is 0 Å². The predicted octanol–water partition coefficient (Wildman–Crippen LogP) is 3.06. The van der Waals surface area contributed by atoms with Crippen LogP contribution in [0.1, 0.15) is 37.0 Å². The number of benzene rings is 1. The zero-order valence-corrected chi connectivity index (χ0v) is 12.6. The number of anilines is 1. The highest BCUT2D eigenvalue weighted by atomic mass is 16.1. The van der Waals surface area contributed by atoms with Crippen molar-refractivity contribution in [2.45, 2.75) is 26.7 Å². The molecule has 19 heavy (non-hydrogen) atoms. The molecular weight excluding hydrogens is 236 g/mol. The number of Topliss-reactive ketones (excluding diaryl/α,β-unsaturated/α-hetero) is 1. The molecule has 106 valence electrons. The lowest BCUT2D eigenvalue weighted by molar-refractivity contribution is 0.0988. The van der Waals surface area contributed by atoms with Gasteiger partial charge in [0.2, 0.25) is 0 Å². The second-order valence-electron chi connectivity index (χ2n) is 5.03. The van der Waals surface area contributed by atoms with Crippen LogP contribution in [-0.2, 0) is 0 Å². The van der Waals surface area contributed by atoms with Crippen molar-refractivity contribution in [3.8, 4) is 0 Å². The monoisotopic (exact) mass is 262 g/mol. The molecule has 0 heterocycles. The van der Waals surface area contributed by atoms with Gasteiger partial charge < -0.3 is 9.80 Å². The van der Waals surface area contributed by atoms with Gasteiger partial charge in [0, 0.05) is 30.8 Å². The molecule has 0 saturated heterocycles. The SMILES string of the molecule is CCC(=O)c1ccccc1N(CC)CCCN(C)C. The van der Waals surface area contributed by atoms with E-state index < -0.39 is 0 Å². The highest BCUT2D eigenvalue weighted by molar-refractivity contribution is 6.01. The highest BCUT2D eigenvalue weighted by Crippen LogP contribution is 2.22. The molecule has 0 aliphatic rings. The maximum Gasteiger partial charge on any atom is 0.164 e. The van der Waals surface area contributed by atoms with Crippen LogP contribution in [0.5, 0.6) is 0 Å². The van der Waals surface area contributed by atoms with E-state index in [0.717, 1.165) is 37.3 Å². The second-order valence-corrected chi connectivity index (χ2v) is 5.03. The fourth-order valence-corrected chi connectivity index (χ4v) is 2.20. The molecule has 0 atom stereocenters. The van der Waals surface area contributed by atoms with Crippen LogP contribution in [0.4, 0.5) is 5.69 Å². The Morgan fingerprint density at radius 2 is 1.79 bits per heavy atom. The normalized spacial score (nSPS) is 10.8. The molecule has 1 rings (SSSR count). The van der Waals surface area contributed by atoms with Gasteiger partial charge in [-0.1, -0.05) is 19.1 Å². The van der Waals surface area contributed by atoms with E-state index in [1.807, 2.05) is 25.1 Å². The molecule has 0 unspecified atom stereocenters. The average molecular weight is 262 g/mol. The molecule has 3 nitrogen and oxygen atoms in total. The second kappa shape index (κ2) is 7.95.